The summed E-state index contributed by atoms with van der Waals surface area (Å²) in [5.41, 5.74) is 2.42. The highest BCUT2D eigenvalue weighted by Gasteiger charge is 2.30. The molecule has 0 saturated heterocycles. The van der Waals surface area contributed by atoms with Crippen molar-refractivity contribution in [3.63, 3.8) is 0 Å². The van der Waals surface area contributed by atoms with Crippen LogP contribution < -0.4 is 9.21 Å². The summed E-state index contributed by atoms with van der Waals surface area (Å²) in [6.45, 7) is 2.17. The van der Waals surface area contributed by atoms with E-state index in [1.807, 2.05) is 36.1 Å². The average molecular weight is 441 g/mol. The van der Waals surface area contributed by atoms with Gasteiger partial charge in [0.2, 0.25) is 15.9 Å². The third-order valence-electron chi connectivity index (χ3n) is 4.80. The highest BCUT2D eigenvalue weighted by atomic mass is 35.5. The quantitative estimate of drug-likeness (QED) is 0.663. The molecule has 28 heavy (non-hydrogen) atoms. The second-order valence-corrected chi connectivity index (χ2v) is 9.73. The molecule has 0 radical (unpaired) electrons. The van der Waals surface area contributed by atoms with E-state index in [0.29, 0.717) is 22.2 Å². The van der Waals surface area contributed by atoms with Crippen molar-refractivity contribution < 1.29 is 13.2 Å². The van der Waals surface area contributed by atoms with Crippen molar-refractivity contribution in [2.45, 2.75) is 32.2 Å². The summed E-state index contributed by atoms with van der Waals surface area (Å²) in [6.07, 6.45) is 2.56. The lowest BCUT2D eigenvalue weighted by Gasteiger charge is -2.25. The molecule has 0 aliphatic carbocycles. The van der Waals surface area contributed by atoms with Gasteiger partial charge in [0, 0.05) is 29.7 Å². The van der Waals surface area contributed by atoms with Gasteiger partial charge in [0.15, 0.2) is 0 Å². The monoisotopic (exact) mass is 440 g/mol. The number of carbonyl (C=O) groups excluding carboxylic acids is 1. The maximum Gasteiger partial charge on any atom is 0.232 e. The topological polar surface area (TPSA) is 57.7 Å². The Labute approximate surface area is 175 Å². The summed E-state index contributed by atoms with van der Waals surface area (Å²) in [7, 11) is -3.57. The van der Waals surface area contributed by atoms with Crippen LogP contribution in [0.1, 0.15) is 25.3 Å². The lowest BCUT2D eigenvalue weighted by molar-refractivity contribution is -0.118. The zero-order chi connectivity index (χ0) is 20.5. The second-order valence-electron chi connectivity index (χ2n) is 6.98. The molecule has 0 fully saturated rings. The van der Waals surface area contributed by atoms with Gasteiger partial charge in [-0.15, -0.1) is 0 Å². The number of anilines is 2. The van der Waals surface area contributed by atoms with Crippen LogP contribution in [0.15, 0.2) is 42.5 Å². The van der Waals surface area contributed by atoms with Gasteiger partial charge in [-0.25, -0.2) is 8.42 Å². The van der Waals surface area contributed by atoms with Gasteiger partial charge in [0.1, 0.15) is 0 Å². The van der Waals surface area contributed by atoms with Crippen LogP contribution in [0.3, 0.4) is 0 Å². The van der Waals surface area contributed by atoms with Crippen molar-refractivity contribution >= 4 is 50.5 Å². The number of fused-ring (bicyclic) bond motifs is 1. The van der Waals surface area contributed by atoms with Crippen molar-refractivity contribution in [2.75, 3.05) is 22.0 Å². The number of para-hydroxylation sites is 1. The van der Waals surface area contributed by atoms with Crippen LogP contribution in [0, 0.1) is 0 Å². The molecular weight excluding hydrogens is 419 g/mol. The minimum Gasteiger partial charge on any atom is -0.309 e. The van der Waals surface area contributed by atoms with E-state index in [1.54, 1.807) is 12.1 Å². The fraction of sp³-hybridized carbons (Fsp3) is 0.350. The Kier molecular flexibility index (Phi) is 6.22. The molecule has 0 N–H and O–H groups in total. The fourth-order valence-electron chi connectivity index (χ4n) is 3.58. The van der Waals surface area contributed by atoms with Gasteiger partial charge in [-0.3, -0.25) is 9.10 Å². The SMILES string of the molecule is C[C@H]1Cc2ccccc2N1C(=O)CCCN(c1cc(Cl)ccc1Cl)S(C)(=O)=O. The molecule has 0 aromatic heterocycles. The van der Waals surface area contributed by atoms with Crippen LogP contribution in [0.2, 0.25) is 10.0 Å². The number of amides is 1. The second kappa shape index (κ2) is 8.31. The van der Waals surface area contributed by atoms with Crippen LogP contribution >= 0.6 is 23.2 Å². The molecule has 0 unspecified atom stereocenters. The Bertz CT molecular complexity index is 995. The van der Waals surface area contributed by atoms with Crippen LogP contribution in [0.5, 0.6) is 0 Å². The summed E-state index contributed by atoms with van der Waals surface area (Å²) in [5.74, 6) is -0.0110. The number of halogens is 2. The smallest absolute Gasteiger partial charge is 0.232 e. The van der Waals surface area contributed by atoms with Gasteiger partial charge in [-0.05, 0) is 49.6 Å². The Morgan fingerprint density at radius 1 is 1.21 bits per heavy atom. The Morgan fingerprint density at radius 3 is 2.64 bits per heavy atom. The van der Waals surface area contributed by atoms with Gasteiger partial charge in [-0.1, -0.05) is 41.4 Å². The van der Waals surface area contributed by atoms with Gasteiger partial charge in [0.05, 0.1) is 17.0 Å². The van der Waals surface area contributed by atoms with Crippen molar-refractivity contribution in [3.8, 4) is 0 Å². The maximum absolute atomic E-state index is 12.8. The molecule has 1 atom stereocenters. The molecule has 2 aromatic carbocycles. The Hall–Kier alpha value is -1.76. The maximum atomic E-state index is 12.8. The molecule has 5 nitrogen and oxygen atoms in total. The van der Waals surface area contributed by atoms with E-state index in [0.717, 1.165) is 23.9 Å². The largest absolute Gasteiger partial charge is 0.309 e. The number of rotatable bonds is 6. The highest BCUT2D eigenvalue weighted by molar-refractivity contribution is 7.92. The first kappa shape index (κ1) is 21.0. The number of hydrogen-bond donors (Lipinski definition) is 0. The van der Waals surface area contributed by atoms with Crippen molar-refractivity contribution in [1.82, 2.24) is 0 Å². The van der Waals surface area contributed by atoms with Gasteiger partial charge >= 0.3 is 0 Å². The zero-order valence-corrected chi connectivity index (χ0v) is 18.1. The zero-order valence-electron chi connectivity index (χ0n) is 15.7. The predicted molar refractivity (Wildman–Crippen MR) is 115 cm³/mol. The molecule has 0 bridgehead atoms. The third-order valence-corrected chi connectivity index (χ3v) is 6.54. The minimum atomic E-state index is -3.57. The van der Waals surface area contributed by atoms with E-state index in [-0.39, 0.29) is 24.9 Å². The summed E-state index contributed by atoms with van der Waals surface area (Å²) in [6, 6.07) is 12.7. The number of benzene rings is 2. The molecule has 8 heteroatoms. The molecule has 1 aliphatic heterocycles. The van der Waals surface area contributed by atoms with Gasteiger partial charge < -0.3 is 4.90 Å². The summed E-state index contributed by atoms with van der Waals surface area (Å²) >= 11 is 12.2. The lowest BCUT2D eigenvalue weighted by atomic mass is 10.1. The number of sulfonamides is 1. The average Bonchev–Trinajstić information content (AvgIpc) is 2.95. The lowest BCUT2D eigenvalue weighted by Crippen LogP contribution is -2.37. The van der Waals surface area contributed by atoms with E-state index in [9.17, 15) is 13.2 Å². The van der Waals surface area contributed by atoms with Crippen LogP contribution in [-0.2, 0) is 21.2 Å². The van der Waals surface area contributed by atoms with Crippen LogP contribution in [-0.4, -0.2) is 33.2 Å². The first-order valence-corrected chi connectivity index (χ1v) is 11.6. The van der Waals surface area contributed by atoms with Gasteiger partial charge in [-0.2, -0.15) is 0 Å². The van der Waals surface area contributed by atoms with E-state index < -0.39 is 10.0 Å². The summed E-state index contributed by atoms with van der Waals surface area (Å²) < 4.78 is 25.7. The molecule has 150 valence electrons. The first-order valence-electron chi connectivity index (χ1n) is 9.01. The molecule has 1 heterocycles. The molecule has 0 spiro atoms. The van der Waals surface area contributed by atoms with E-state index in [2.05, 4.69) is 0 Å². The Balaban J connectivity index is 1.72. The van der Waals surface area contributed by atoms with Crippen molar-refractivity contribution in [1.29, 1.82) is 0 Å². The summed E-state index contributed by atoms with van der Waals surface area (Å²) in [4.78, 5) is 14.6. The standard InChI is InChI=1S/C20H22Cl2N2O3S/c1-14-12-15-6-3-4-7-18(15)24(14)20(25)8-5-11-23(28(2,26)27)19-13-16(21)9-10-17(19)22/h3-4,6-7,9-10,13-14H,5,8,11-12H2,1-2H3/t14-/m0/s1. The molecule has 1 aliphatic rings. The number of nitrogens with zero attached hydrogens (tertiary/aromatic N) is 2. The van der Waals surface area contributed by atoms with E-state index >= 15 is 0 Å². The fourth-order valence-corrected chi connectivity index (χ4v) is 4.99. The van der Waals surface area contributed by atoms with Crippen molar-refractivity contribution in [3.05, 3.63) is 58.1 Å². The predicted octanol–water partition coefficient (Wildman–Crippen LogP) is 4.52. The van der Waals surface area contributed by atoms with Gasteiger partial charge in [0.25, 0.3) is 0 Å². The van der Waals surface area contributed by atoms with Crippen molar-refractivity contribution in [2.24, 2.45) is 0 Å². The normalized spacial score (nSPS) is 16.1. The Morgan fingerprint density at radius 2 is 1.93 bits per heavy atom. The number of hydrogen-bond acceptors (Lipinski definition) is 3. The van der Waals surface area contributed by atoms with Crippen LogP contribution in [0.4, 0.5) is 11.4 Å². The third kappa shape index (κ3) is 4.45. The first-order chi connectivity index (χ1) is 13.2. The molecule has 0 saturated carbocycles. The highest BCUT2D eigenvalue weighted by Crippen LogP contribution is 2.33. The molecule has 3 rings (SSSR count). The number of carbonyl (C=O) groups is 1. The molecular formula is C20H22Cl2N2O3S. The summed E-state index contributed by atoms with van der Waals surface area (Å²) in [5, 5.41) is 0.690. The van der Waals surface area contributed by atoms with E-state index in [4.69, 9.17) is 23.2 Å². The minimum absolute atomic E-state index is 0.0110. The molecule has 1 amide bonds. The van der Waals surface area contributed by atoms with E-state index in [1.165, 1.54) is 10.4 Å². The molecule has 2 aromatic rings. The van der Waals surface area contributed by atoms with Crippen LogP contribution in [0.25, 0.3) is 0 Å².